The quantitative estimate of drug-likeness (QED) is 0.740. The van der Waals surface area contributed by atoms with Gasteiger partial charge in [-0.05, 0) is 18.4 Å². The van der Waals surface area contributed by atoms with Gasteiger partial charge in [0.2, 0.25) is 0 Å². The summed E-state index contributed by atoms with van der Waals surface area (Å²) in [6, 6.07) is 9.66. The zero-order valence-corrected chi connectivity index (χ0v) is 14.9. The lowest BCUT2D eigenvalue weighted by atomic mass is 10.1. The van der Waals surface area contributed by atoms with Crippen LogP contribution in [0.25, 0.3) is 0 Å². The van der Waals surface area contributed by atoms with Crippen molar-refractivity contribution < 1.29 is 28.8 Å². The van der Waals surface area contributed by atoms with Crippen molar-refractivity contribution in [3.8, 4) is 0 Å². The van der Waals surface area contributed by atoms with Crippen LogP contribution in [0.4, 0.5) is 4.79 Å². The molecule has 26 heavy (non-hydrogen) atoms. The number of likely N-dealkylation sites (tertiary alicyclic amines) is 1. The Bertz CT molecular complexity index is 546. The van der Waals surface area contributed by atoms with Crippen LogP contribution in [0.5, 0.6) is 0 Å². The molecule has 0 saturated carbocycles. The third-order valence-corrected chi connectivity index (χ3v) is 4.67. The number of carbonyl (C=O) groups is 1. The van der Waals surface area contributed by atoms with Gasteiger partial charge in [0.1, 0.15) is 18.8 Å². The van der Waals surface area contributed by atoms with Gasteiger partial charge in [0, 0.05) is 13.1 Å². The minimum Gasteiger partial charge on any atom is -0.445 e. The van der Waals surface area contributed by atoms with E-state index in [1.54, 1.807) is 4.90 Å². The van der Waals surface area contributed by atoms with Crippen LogP contribution in [0, 0.1) is 0 Å². The average molecular weight is 365 g/mol. The molecule has 0 bridgehead atoms. The second-order valence-electron chi connectivity index (χ2n) is 6.61. The van der Waals surface area contributed by atoms with E-state index in [0.717, 1.165) is 18.4 Å². The van der Waals surface area contributed by atoms with E-state index in [1.165, 1.54) is 0 Å². The van der Waals surface area contributed by atoms with Crippen LogP contribution in [-0.2, 0) is 25.6 Å². The average Bonchev–Trinajstić information content (AvgIpc) is 3.09. The maximum atomic E-state index is 12.1. The highest BCUT2D eigenvalue weighted by molar-refractivity contribution is 5.67. The fourth-order valence-electron chi connectivity index (χ4n) is 3.11. The molecule has 2 aliphatic rings. The summed E-state index contributed by atoms with van der Waals surface area (Å²) < 4.78 is 21.9. The number of hydrogen-bond donors (Lipinski definition) is 1. The number of amides is 1. The van der Waals surface area contributed by atoms with E-state index >= 15 is 0 Å². The van der Waals surface area contributed by atoms with Crippen LogP contribution in [0.2, 0.25) is 0 Å². The summed E-state index contributed by atoms with van der Waals surface area (Å²) >= 11 is 0. The molecule has 1 amide bonds. The largest absolute Gasteiger partial charge is 0.445 e. The first-order chi connectivity index (χ1) is 12.7. The number of aliphatic hydroxyl groups excluding tert-OH is 1. The summed E-state index contributed by atoms with van der Waals surface area (Å²) in [7, 11) is 0. The molecule has 1 aromatic carbocycles. The van der Waals surface area contributed by atoms with Crippen molar-refractivity contribution in [1.29, 1.82) is 0 Å². The summed E-state index contributed by atoms with van der Waals surface area (Å²) in [5.41, 5.74) is 0.983. The van der Waals surface area contributed by atoms with Crippen LogP contribution in [0.15, 0.2) is 30.3 Å². The molecular formula is C19H27NO6. The summed E-state index contributed by atoms with van der Waals surface area (Å²) in [4.78, 5) is 13.9. The molecule has 144 valence electrons. The fourth-order valence-corrected chi connectivity index (χ4v) is 3.11. The van der Waals surface area contributed by atoms with Gasteiger partial charge in [0.15, 0.2) is 0 Å². The van der Waals surface area contributed by atoms with Crippen molar-refractivity contribution in [2.45, 2.75) is 37.8 Å². The Labute approximate surface area is 153 Å². The molecule has 2 saturated heterocycles. The molecule has 2 heterocycles. The normalized spacial score (nSPS) is 24.0. The molecule has 0 aliphatic carbocycles. The number of benzene rings is 1. The molecule has 2 fully saturated rings. The first kappa shape index (κ1) is 19.1. The number of carbonyl (C=O) groups excluding carboxylic acids is 1. The Morgan fingerprint density at radius 1 is 1.12 bits per heavy atom. The lowest BCUT2D eigenvalue weighted by Crippen LogP contribution is -2.41. The number of ether oxygens (including phenoxy) is 4. The summed E-state index contributed by atoms with van der Waals surface area (Å²) in [6.45, 7) is 3.25. The first-order valence-corrected chi connectivity index (χ1v) is 9.17. The molecule has 0 aromatic heterocycles. The molecule has 2 atom stereocenters. The third-order valence-electron chi connectivity index (χ3n) is 4.67. The Morgan fingerprint density at radius 2 is 1.85 bits per heavy atom. The molecule has 7 heteroatoms. The zero-order chi connectivity index (χ0) is 18.2. The standard InChI is InChI=1S/C19H27NO6/c21-17-13-23-14-18(17)25-11-10-24-16-6-8-20(9-7-16)19(22)26-12-15-4-2-1-3-5-15/h1-5,16-18,21H,6-14H2. The molecule has 0 radical (unpaired) electrons. The van der Waals surface area contributed by atoms with Gasteiger partial charge in [0.05, 0.1) is 32.5 Å². The maximum absolute atomic E-state index is 12.1. The second kappa shape index (κ2) is 9.87. The lowest BCUT2D eigenvalue weighted by molar-refractivity contribution is -0.0588. The molecule has 7 nitrogen and oxygen atoms in total. The predicted molar refractivity (Wildman–Crippen MR) is 93.7 cm³/mol. The van der Waals surface area contributed by atoms with Gasteiger partial charge in [-0.1, -0.05) is 30.3 Å². The lowest BCUT2D eigenvalue weighted by Gasteiger charge is -2.31. The first-order valence-electron chi connectivity index (χ1n) is 9.17. The zero-order valence-electron chi connectivity index (χ0n) is 14.9. The number of piperidine rings is 1. The number of aliphatic hydroxyl groups is 1. The highest BCUT2D eigenvalue weighted by Crippen LogP contribution is 2.16. The van der Waals surface area contributed by atoms with E-state index in [0.29, 0.717) is 46.1 Å². The monoisotopic (exact) mass is 365 g/mol. The van der Waals surface area contributed by atoms with Crippen LogP contribution in [0.1, 0.15) is 18.4 Å². The number of hydrogen-bond acceptors (Lipinski definition) is 6. The van der Waals surface area contributed by atoms with Crippen molar-refractivity contribution in [2.75, 3.05) is 39.5 Å². The van der Waals surface area contributed by atoms with Crippen LogP contribution >= 0.6 is 0 Å². The Kier molecular flexibility index (Phi) is 7.25. The van der Waals surface area contributed by atoms with Gasteiger partial charge in [-0.25, -0.2) is 4.79 Å². The second-order valence-corrected chi connectivity index (χ2v) is 6.61. The molecule has 0 spiro atoms. The minimum absolute atomic E-state index is 0.126. The van der Waals surface area contributed by atoms with Crippen molar-refractivity contribution in [2.24, 2.45) is 0 Å². The van der Waals surface area contributed by atoms with Gasteiger partial charge in [-0.15, -0.1) is 0 Å². The fraction of sp³-hybridized carbons (Fsp3) is 0.632. The highest BCUT2D eigenvalue weighted by Gasteiger charge is 2.27. The highest BCUT2D eigenvalue weighted by atomic mass is 16.6. The number of nitrogens with zero attached hydrogens (tertiary/aromatic N) is 1. The predicted octanol–water partition coefficient (Wildman–Crippen LogP) is 1.58. The maximum Gasteiger partial charge on any atom is 0.410 e. The van der Waals surface area contributed by atoms with Crippen LogP contribution < -0.4 is 0 Å². The van der Waals surface area contributed by atoms with Crippen LogP contribution in [0.3, 0.4) is 0 Å². The van der Waals surface area contributed by atoms with E-state index in [-0.39, 0.29) is 18.3 Å². The van der Waals surface area contributed by atoms with Gasteiger partial charge in [0.25, 0.3) is 0 Å². The van der Waals surface area contributed by atoms with E-state index in [1.807, 2.05) is 30.3 Å². The summed E-state index contributed by atoms with van der Waals surface area (Å²) in [5.74, 6) is 0. The van der Waals surface area contributed by atoms with E-state index in [4.69, 9.17) is 18.9 Å². The minimum atomic E-state index is -0.542. The number of rotatable bonds is 7. The SMILES string of the molecule is O=C(OCc1ccccc1)N1CCC(OCCOC2COCC2O)CC1. The Balaban J connectivity index is 1.27. The molecular weight excluding hydrogens is 338 g/mol. The van der Waals surface area contributed by atoms with Gasteiger partial charge in [-0.3, -0.25) is 0 Å². The van der Waals surface area contributed by atoms with Crippen molar-refractivity contribution in [3.05, 3.63) is 35.9 Å². The van der Waals surface area contributed by atoms with Gasteiger partial charge in [-0.2, -0.15) is 0 Å². The third kappa shape index (κ3) is 5.67. The molecule has 3 rings (SSSR count). The topological polar surface area (TPSA) is 77.5 Å². The van der Waals surface area contributed by atoms with Crippen molar-refractivity contribution in [1.82, 2.24) is 4.90 Å². The molecule has 1 N–H and O–H groups in total. The van der Waals surface area contributed by atoms with E-state index < -0.39 is 6.10 Å². The van der Waals surface area contributed by atoms with Crippen molar-refractivity contribution >= 4 is 6.09 Å². The van der Waals surface area contributed by atoms with Crippen LogP contribution in [-0.4, -0.2) is 73.9 Å². The molecule has 2 unspecified atom stereocenters. The van der Waals surface area contributed by atoms with Crippen molar-refractivity contribution in [3.63, 3.8) is 0 Å². The van der Waals surface area contributed by atoms with E-state index in [9.17, 15) is 9.90 Å². The van der Waals surface area contributed by atoms with Gasteiger partial charge < -0.3 is 29.0 Å². The molecule has 1 aromatic rings. The summed E-state index contributed by atoms with van der Waals surface area (Å²) in [6.07, 6.45) is 0.637. The van der Waals surface area contributed by atoms with E-state index in [2.05, 4.69) is 0 Å². The smallest absolute Gasteiger partial charge is 0.410 e. The summed E-state index contributed by atoms with van der Waals surface area (Å²) in [5, 5.41) is 9.59. The van der Waals surface area contributed by atoms with Gasteiger partial charge >= 0.3 is 6.09 Å². The Hall–Kier alpha value is -1.67. The molecule has 2 aliphatic heterocycles. The Morgan fingerprint density at radius 3 is 2.54 bits per heavy atom.